The lowest BCUT2D eigenvalue weighted by Gasteiger charge is -2.11. The van der Waals surface area contributed by atoms with Crippen LogP contribution in [0.3, 0.4) is 0 Å². The molecule has 7 nitrogen and oxygen atoms in total. The molecular formula is C10H15N7. The molecule has 2 aromatic heterocycles. The third-order valence-electron chi connectivity index (χ3n) is 3.07. The zero-order valence-electron chi connectivity index (χ0n) is 9.64. The topological polar surface area (TPSA) is 99.5 Å². The highest BCUT2D eigenvalue weighted by atomic mass is 15.4. The monoisotopic (exact) mass is 233 g/mol. The summed E-state index contributed by atoms with van der Waals surface area (Å²) >= 11 is 0. The van der Waals surface area contributed by atoms with E-state index in [9.17, 15) is 0 Å². The van der Waals surface area contributed by atoms with Crippen LogP contribution in [0.4, 0.5) is 5.95 Å². The van der Waals surface area contributed by atoms with Crippen LogP contribution in [-0.4, -0.2) is 44.5 Å². The molecule has 1 atom stereocenters. The normalized spacial score (nSPS) is 20.1. The second-order valence-corrected chi connectivity index (χ2v) is 4.39. The lowest BCUT2D eigenvalue weighted by molar-refractivity contribution is 0.750. The van der Waals surface area contributed by atoms with Gasteiger partial charge < -0.3 is 10.6 Å². The predicted molar refractivity (Wildman–Crippen MR) is 63.5 cm³/mol. The zero-order chi connectivity index (χ0) is 11.8. The van der Waals surface area contributed by atoms with Crippen LogP contribution in [0.1, 0.15) is 12.1 Å². The molecule has 0 aromatic carbocycles. The van der Waals surface area contributed by atoms with Crippen molar-refractivity contribution in [1.29, 1.82) is 0 Å². The van der Waals surface area contributed by atoms with Crippen LogP contribution in [0, 0.1) is 6.92 Å². The Hall–Kier alpha value is -1.89. The first-order chi connectivity index (χ1) is 8.24. The van der Waals surface area contributed by atoms with Crippen LogP contribution >= 0.6 is 0 Å². The molecule has 3 rings (SSSR count). The first kappa shape index (κ1) is 10.3. The van der Waals surface area contributed by atoms with Gasteiger partial charge in [-0.1, -0.05) is 0 Å². The molecule has 2 aromatic rings. The van der Waals surface area contributed by atoms with Gasteiger partial charge >= 0.3 is 0 Å². The molecule has 4 N–H and O–H groups in total. The molecule has 1 aliphatic heterocycles. The average Bonchev–Trinajstić information content (AvgIpc) is 2.97. The molecule has 1 unspecified atom stereocenters. The van der Waals surface area contributed by atoms with Crippen molar-refractivity contribution in [2.24, 2.45) is 5.73 Å². The first-order valence-electron chi connectivity index (χ1n) is 5.67. The van der Waals surface area contributed by atoms with Crippen molar-refractivity contribution in [2.75, 3.05) is 18.0 Å². The van der Waals surface area contributed by atoms with E-state index in [2.05, 4.69) is 30.3 Å². The largest absolute Gasteiger partial charge is 0.338 e. The van der Waals surface area contributed by atoms with E-state index in [4.69, 9.17) is 5.73 Å². The highest BCUT2D eigenvalue weighted by Gasteiger charge is 2.22. The maximum absolute atomic E-state index is 5.87. The summed E-state index contributed by atoms with van der Waals surface area (Å²) in [7, 11) is 0. The second kappa shape index (κ2) is 3.85. The van der Waals surface area contributed by atoms with Gasteiger partial charge in [-0.15, -0.1) is 5.10 Å². The molecule has 90 valence electrons. The van der Waals surface area contributed by atoms with E-state index < -0.39 is 0 Å². The van der Waals surface area contributed by atoms with E-state index in [0.29, 0.717) is 5.95 Å². The molecule has 7 heteroatoms. The predicted octanol–water partition coefficient (Wildman–Crippen LogP) is 0.0406. The summed E-state index contributed by atoms with van der Waals surface area (Å²) in [6.07, 6.45) is 2.74. The summed E-state index contributed by atoms with van der Waals surface area (Å²) in [5.41, 5.74) is 7.79. The van der Waals surface area contributed by atoms with Gasteiger partial charge in [-0.05, 0) is 13.3 Å². The second-order valence-electron chi connectivity index (χ2n) is 4.39. The van der Waals surface area contributed by atoms with Gasteiger partial charge in [0.25, 0.3) is 0 Å². The SMILES string of the molecule is Cc1[nH]ncc1-c1nc(N2CCC(N)C2)n[nH]1. The average molecular weight is 233 g/mol. The molecule has 0 saturated carbocycles. The number of aromatic amines is 2. The molecule has 0 amide bonds. The van der Waals surface area contributed by atoms with E-state index in [1.807, 2.05) is 6.92 Å². The van der Waals surface area contributed by atoms with Crippen molar-refractivity contribution in [1.82, 2.24) is 25.4 Å². The maximum atomic E-state index is 5.87. The summed E-state index contributed by atoms with van der Waals surface area (Å²) in [6, 6.07) is 0.229. The van der Waals surface area contributed by atoms with E-state index in [1.165, 1.54) is 0 Å². The van der Waals surface area contributed by atoms with Gasteiger partial charge in [0.1, 0.15) is 0 Å². The number of hydrogen-bond donors (Lipinski definition) is 3. The summed E-state index contributed by atoms with van der Waals surface area (Å²) in [6.45, 7) is 3.70. The van der Waals surface area contributed by atoms with Gasteiger partial charge in [0.2, 0.25) is 5.95 Å². The lowest BCUT2D eigenvalue weighted by atomic mass is 10.2. The number of H-pyrrole nitrogens is 2. The Morgan fingerprint density at radius 1 is 1.47 bits per heavy atom. The molecule has 3 heterocycles. The minimum absolute atomic E-state index is 0.229. The molecular weight excluding hydrogens is 218 g/mol. The van der Waals surface area contributed by atoms with E-state index in [1.54, 1.807) is 6.20 Å². The van der Waals surface area contributed by atoms with Crippen LogP contribution < -0.4 is 10.6 Å². The lowest BCUT2D eigenvalue weighted by Crippen LogP contribution is -2.26. The Kier molecular flexibility index (Phi) is 2.32. The fraction of sp³-hybridized carbons (Fsp3) is 0.500. The van der Waals surface area contributed by atoms with Gasteiger partial charge in [-0.3, -0.25) is 10.2 Å². The summed E-state index contributed by atoms with van der Waals surface area (Å²) in [5, 5.41) is 14.0. The summed E-state index contributed by atoms with van der Waals surface area (Å²) < 4.78 is 0. The van der Waals surface area contributed by atoms with Gasteiger partial charge in [-0.25, -0.2) is 0 Å². The van der Waals surface area contributed by atoms with Crippen LogP contribution in [0.5, 0.6) is 0 Å². The van der Waals surface area contributed by atoms with E-state index >= 15 is 0 Å². The highest BCUT2D eigenvalue weighted by molar-refractivity contribution is 5.57. The Morgan fingerprint density at radius 3 is 3.00 bits per heavy atom. The summed E-state index contributed by atoms with van der Waals surface area (Å²) in [4.78, 5) is 6.57. The zero-order valence-corrected chi connectivity index (χ0v) is 9.64. The third-order valence-corrected chi connectivity index (χ3v) is 3.07. The first-order valence-corrected chi connectivity index (χ1v) is 5.67. The fourth-order valence-electron chi connectivity index (χ4n) is 2.07. The quantitative estimate of drug-likeness (QED) is 0.680. The number of anilines is 1. The van der Waals surface area contributed by atoms with Crippen molar-refractivity contribution in [3.63, 3.8) is 0 Å². The fourth-order valence-corrected chi connectivity index (χ4v) is 2.07. The molecule has 0 bridgehead atoms. The van der Waals surface area contributed by atoms with Gasteiger partial charge in [-0.2, -0.15) is 10.1 Å². The number of rotatable bonds is 2. The summed E-state index contributed by atoms with van der Waals surface area (Å²) in [5.74, 6) is 1.46. The van der Waals surface area contributed by atoms with Crippen LogP contribution in [0.2, 0.25) is 0 Å². The van der Waals surface area contributed by atoms with Gasteiger partial charge in [0.05, 0.1) is 11.8 Å². The molecule has 1 fully saturated rings. The molecule has 0 radical (unpaired) electrons. The van der Waals surface area contributed by atoms with Crippen LogP contribution in [0.25, 0.3) is 11.4 Å². The van der Waals surface area contributed by atoms with Gasteiger partial charge in [0.15, 0.2) is 5.82 Å². The Bertz CT molecular complexity index is 514. The number of aromatic nitrogens is 5. The Balaban J connectivity index is 1.86. The van der Waals surface area contributed by atoms with Gasteiger partial charge in [0, 0.05) is 24.8 Å². The van der Waals surface area contributed by atoms with Crippen molar-refractivity contribution in [2.45, 2.75) is 19.4 Å². The Labute approximate surface area is 98.4 Å². The van der Waals surface area contributed by atoms with Crippen molar-refractivity contribution in [3.05, 3.63) is 11.9 Å². The van der Waals surface area contributed by atoms with E-state index in [0.717, 1.165) is 36.6 Å². The van der Waals surface area contributed by atoms with Crippen LogP contribution in [-0.2, 0) is 0 Å². The highest BCUT2D eigenvalue weighted by Crippen LogP contribution is 2.21. The number of hydrogen-bond acceptors (Lipinski definition) is 5. The minimum Gasteiger partial charge on any atom is -0.338 e. The Morgan fingerprint density at radius 2 is 2.35 bits per heavy atom. The van der Waals surface area contributed by atoms with E-state index in [-0.39, 0.29) is 6.04 Å². The maximum Gasteiger partial charge on any atom is 0.245 e. The van der Waals surface area contributed by atoms with Crippen molar-refractivity contribution < 1.29 is 0 Å². The number of nitrogens with zero attached hydrogens (tertiary/aromatic N) is 4. The molecule has 1 saturated heterocycles. The number of nitrogens with two attached hydrogens (primary N) is 1. The molecule has 0 spiro atoms. The molecule has 0 aliphatic carbocycles. The van der Waals surface area contributed by atoms with Crippen molar-refractivity contribution >= 4 is 5.95 Å². The number of nitrogens with one attached hydrogen (secondary N) is 2. The minimum atomic E-state index is 0.229. The number of aryl methyl sites for hydroxylation is 1. The third kappa shape index (κ3) is 1.78. The van der Waals surface area contributed by atoms with Crippen molar-refractivity contribution in [3.8, 4) is 11.4 Å². The van der Waals surface area contributed by atoms with Crippen LogP contribution in [0.15, 0.2) is 6.20 Å². The standard InChI is InChI=1S/C10H15N7/c1-6-8(4-12-14-6)9-13-10(16-15-9)17-3-2-7(11)5-17/h4,7H,2-3,5,11H2,1H3,(H,12,14)(H,13,15,16). The molecule has 1 aliphatic rings. The molecule has 17 heavy (non-hydrogen) atoms. The smallest absolute Gasteiger partial charge is 0.245 e.